The number of halogens is 1. The summed E-state index contributed by atoms with van der Waals surface area (Å²) in [6, 6.07) is 2.61. The highest BCUT2D eigenvalue weighted by molar-refractivity contribution is 7.89. The van der Waals surface area contributed by atoms with Crippen molar-refractivity contribution in [2.24, 2.45) is 0 Å². The molecule has 18 heavy (non-hydrogen) atoms. The highest BCUT2D eigenvalue weighted by Crippen LogP contribution is 2.15. The summed E-state index contributed by atoms with van der Waals surface area (Å²) in [6.07, 6.45) is 1.97. The van der Waals surface area contributed by atoms with E-state index in [-0.39, 0.29) is 11.4 Å². The van der Waals surface area contributed by atoms with Crippen LogP contribution in [0.25, 0.3) is 0 Å². The molecule has 0 amide bonds. The first-order valence-electron chi connectivity index (χ1n) is 5.02. The molecule has 0 aliphatic rings. The molecule has 0 unspecified atom stereocenters. The fourth-order valence-corrected chi connectivity index (χ4v) is 2.29. The lowest BCUT2D eigenvalue weighted by atomic mass is 10.2. The van der Waals surface area contributed by atoms with Gasteiger partial charge in [0.2, 0.25) is 10.0 Å². The molecule has 0 heterocycles. The Morgan fingerprint density at radius 3 is 2.72 bits per heavy atom. The minimum absolute atomic E-state index is 0.144. The summed E-state index contributed by atoms with van der Waals surface area (Å²) in [5, 5.41) is 8.70. The van der Waals surface area contributed by atoms with Crippen molar-refractivity contribution in [3.8, 4) is 0 Å². The Hall–Kier alpha value is -1.73. The van der Waals surface area contributed by atoms with Crippen LogP contribution in [0.1, 0.15) is 16.8 Å². The zero-order chi connectivity index (χ0) is 13.8. The van der Waals surface area contributed by atoms with Crippen LogP contribution >= 0.6 is 0 Å². The number of benzene rings is 1. The average molecular weight is 273 g/mol. The lowest BCUT2D eigenvalue weighted by Gasteiger charge is -2.06. The summed E-state index contributed by atoms with van der Waals surface area (Å²) in [4.78, 5) is 10.4. The van der Waals surface area contributed by atoms with Gasteiger partial charge in [-0.15, -0.1) is 6.58 Å². The van der Waals surface area contributed by atoms with Gasteiger partial charge in [0.05, 0.1) is 10.5 Å². The maximum Gasteiger partial charge on any atom is 0.338 e. The van der Waals surface area contributed by atoms with Crippen molar-refractivity contribution < 1.29 is 22.7 Å². The van der Waals surface area contributed by atoms with Gasteiger partial charge in [0.1, 0.15) is 5.82 Å². The maximum absolute atomic E-state index is 13.1. The standard InChI is InChI=1S/C11H12FNO4S/c1-2-3-6-13-18(16,17)8-4-5-10(12)9(7-8)11(14)15/h2,4-5,7,13H,1,3,6H2,(H,14,15). The summed E-state index contributed by atoms with van der Waals surface area (Å²) in [5.41, 5.74) is -0.679. The molecule has 0 saturated heterocycles. The van der Waals surface area contributed by atoms with Crippen molar-refractivity contribution in [2.45, 2.75) is 11.3 Å². The van der Waals surface area contributed by atoms with Gasteiger partial charge in [-0.25, -0.2) is 22.3 Å². The van der Waals surface area contributed by atoms with Crippen molar-refractivity contribution in [3.63, 3.8) is 0 Å². The Labute approximate surface area is 104 Å². The van der Waals surface area contributed by atoms with Crippen LogP contribution in [0.5, 0.6) is 0 Å². The maximum atomic E-state index is 13.1. The number of aromatic carboxylic acids is 1. The molecule has 0 atom stereocenters. The molecule has 2 N–H and O–H groups in total. The van der Waals surface area contributed by atoms with Crippen LogP contribution in [0.2, 0.25) is 0 Å². The van der Waals surface area contributed by atoms with E-state index in [1.165, 1.54) is 6.08 Å². The van der Waals surface area contributed by atoms with Crippen LogP contribution in [0.3, 0.4) is 0 Å². The predicted molar refractivity (Wildman–Crippen MR) is 63.4 cm³/mol. The van der Waals surface area contributed by atoms with Crippen LogP contribution < -0.4 is 4.72 Å². The van der Waals surface area contributed by atoms with Gasteiger partial charge in [-0.1, -0.05) is 6.08 Å². The summed E-state index contributed by atoms with van der Waals surface area (Å²) in [7, 11) is -3.83. The van der Waals surface area contributed by atoms with E-state index in [4.69, 9.17) is 5.11 Å². The molecular formula is C11H12FNO4S. The number of hydrogen-bond donors (Lipinski definition) is 2. The van der Waals surface area contributed by atoms with Gasteiger partial charge in [0.25, 0.3) is 0 Å². The lowest BCUT2D eigenvalue weighted by Crippen LogP contribution is -2.24. The van der Waals surface area contributed by atoms with E-state index in [2.05, 4.69) is 11.3 Å². The van der Waals surface area contributed by atoms with E-state index in [0.29, 0.717) is 6.42 Å². The van der Waals surface area contributed by atoms with Crippen LogP contribution in [-0.2, 0) is 10.0 Å². The molecule has 0 aliphatic carbocycles. The number of rotatable bonds is 6. The molecule has 0 radical (unpaired) electrons. The number of nitrogens with one attached hydrogen (secondary N) is 1. The van der Waals surface area contributed by atoms with E-state index < -0.39 is 27.4 Å². The van der Waals surface area contributed by atoms with Crippen LogP contribution in [-0.4, -0.2) is 26.0 Å². The predicted octanol–water partition coefficient (Wildman–Crippen LogP) is 1.38. The van der Waals surface area contributed by atoms with Crippen LogP contribution in [0, 0.1) is 5.82 Å². The second kappa shape index (κ2) is 5.74. The first-order valence-corrected chi connectivity index (χ1v) is 6.50. The van der Waals surface area contributed by atoms with Gasteiger partial charge in [0, 0.05) is 6.54 Å². The molecule has 1 rings (SSSR count). The zero-order valence-electron chi connectivity index (χ0n) is 9.39. The van der Waals surface area contributed by atoms with Gasteiger partial charge in [-0.2, -0.15) is 0 Å². The zero-order valence-corrected chi connectivity index (χ0v) is 10.2. The number of carboxylic acids is 1. The van der Waals surface area contributed by atoms with Crippen molar-refractivity contribution in [1.29, 1.82) is 0 Å². The topological polar surface area (TPSA) is 83.5 Å². The van der Waals surface area contributed by atoms with Crippen LogP contribution in [0.15, 0.2) is 35.7 Å². The van der Waals surface area contributed by atoms with E-state index in [1.807, 2.05) is 0 Å². The Bertz CT molecular complexity index is 568. The molecule has 0 aromatic heterocycles. The van der Waals surface area contributed by atoms with E-state index in [1.54, 1.807) is 0 Å². The molecular weight excluding hydrogens is 261 g/mol. The summed E-state index contributed by atoms with van der Waals surface area (Å²) in [6.45, 7) is 3.58. The largest absolute Gasteiger partial charge is 0.478 e. The monoisotopic (exact) mass is 273 g/mol. The minimum Gasteiger partial charge on any atom is -0.478 e. The second-order valence-corrected chi connectivity index (χ2v) is 5.19. The molecule has 98 valence electrons. The van der Waals surface area contributed by atoms with Gasteiger partial charge >= 0.3 is 5.97 Å². The van der Waals surface area contributed by atoms with Crippen LogP contribution in [0.4, 0.5) is 4.39 Å². The second-order valence-electron chi connectivity index (χ2n) is 3.42. The highest BCUT2D eigenvalue weighted by atomic mass is 32.2. The molecule has 0 bridgehead atoms. The van der Waals surface area contributed by atoms with E-state index >= 15 is 0 Å². The average Bonchev–Trinajstić information content (AvgIpc) is 2.29. The first-order chi connectivity index (χ1) is 8.38. The molecule has 0 saturated carbocycles. The third-order valence-corrected chi connectivity index (χ3v) is 3.58. The Kier molecular flexibility index (Phi) is 4.57. The summed E-state index contributed by atoms with van der Waals surface area (Å²) >= 11 is 0. The molecule has 0 spiro atoms. The fraction of sp³-hybridized carbons (Fsp3) is 0.182. The summed E-state index contributed by atoms with van der Waals surface area (Å²) < 4.78 is 38.8. The first kappa shape index (κ1) is 14.3. The number of hydrogen-bond acceptors (Lipinski definition) is 3. The molecule has 7 heteroatoms. The van der Waals surface area contributed by atoms with Crippen molar-refractivity contribution in [1.82, 2.24) is 4.72 Å². The third-order valence-electron chi connectivity index (χ3n) is 2.12. The number of carbonyl (C=O) groups is 1. The van der Waals surface area contributed by atoms with Gasteiger partial charge in [-0.3, -0.25) is 0 Å². The third kappa shape index (κ3) is 3.38. The SMILES string of the molecule is C=CCCNS(=O)(=O)c1ccc(F)c(C(=O)O)c1. The molecule has 5 nitrogen and oxygen atoms in total. The van der Waals surface area contributed by atoms with Crippen molar-refractivity contribution >= 4 is 16.0 Å². The molecule has 1 aromatic rings. The fourth-order valence-electron chi connectivity index (χ4n) is 1.21. The van der Waals surface area contributed by atoms with Crippen molar-refractivity contribution in [3.05, 3.63) is 42.2 Å². The van der Waals surface area contributed by atoms with E-state index in [9.17, 15) is 17.6 Å². The number of sulfonamides is 1. The van der Waals surface area contributed by atoms with Gasteiger partial charge in [0.15, 0.2) is 0 Å². The molecule has 0 aliphatic heterocycles. The Morgan fingerprint density at radius 1 is 1.50 bits per heavy atom. The van der Waals surface area contributed by atoms with Gasteiger partial charge in [-0.05, 0) is 24.6 Å². The lowest BCUT2D eigenvalue weighted by molar-refractivity contribution is 0.0691. The number of carboxylic acid groups (broad SMARTS) is 1. The normalized spacial score (nSPS) is 11.2. The van der Waals surface area contributed by atoms with E-state index in [0.717, 1.165) is 18.2 Å². The van der Waals surface area contributed by atoms with Gasteiger partial charge < -0.3 is 5.11 Å². The Balaban J connectivity index is 3.06. The smallest absolute Gasteiger partial charge is 0.338 e. The quantitative estimate of drug-likeness (QED) is 0.606. The molecule has 1 aromatic carbocycles. The Morgan fingerprint density at radius 2 is 2.17 bits per heavy atom. The minimum atomic E-state index is -3.83. The molecule has 0 fully saturated rings. The van der Waals surface area contributed by atoms with Crippen molar-refractivity contribution in [2.75, 3.05) is 6.54 Å². The highest BCUT2D eigenvalue weighted by Gasteiger charge is 2.18. The summed E-state index contributed by atoms with van der Waals surface area (Å²) in [5.74, 6) is -2.50.